The number of hydrogen-bond acceptors (Lipinski definition) is 4. The fourth-order valence-electron chi connectivity index (χ4n) is 1.70. The van der Waals surface area contributed by atoms with Crippen LogP contribution in [0.1, 0.15) is 20.8 Å². The maximum absolute atomic E-state index is 12.3. The summed E-state index contributed by atoms with van der Waals surface area (Å²) in [6.07, 6.45) is 0. The molecule has 0 aliphatic rings. The minimum atomic E-state index is -3.86. The Bertz CT molecular complexity index is 812. The molecule has 21 heavy (non-hydrogen) atoms. The zero-order valence-corrected chi connectivity index (χ0v) is 13.6. The number of nitrogens with one attached hydrogen (secondary N) is 1. The van der Waals surface area contributed by atoms with Crippen molar-refractivity contribution in [2.24, 2.45) is 0 Å². The predicted molar refractivity (Wildman–Crippen MR) is 83.0 cm³/mol. The second-order valence-electron chi connectivity index (χ2n) is 4.47. The van der Waals surface area contributed by atoms with Gasteiger partial charge in [-0.15, -0.1) is 11.3 Å². The number of carboxylic acids is 1. The van der Waals surface area contributed by atoms with Gasteiger partial charge in [0.15, 0.2) is 0 Å². The van der Waals surface area contributed by atoms with Crippen LogP contribution in [0.5, 0.6) is 0 Å². The first-order chi connectivity index (χ1) is 9.70. The Labute approximate surface area is 131 Å². The molecule has 2 N–H and O–H groups in total. The first kappa shape index (κ1) is 15.8. The van der Waals surface area contributed by atoms with Crippen LogP contribution < -0.4 is 4.72 Å². The molecule has 1 aromatic heterocycles. The summed E-state index contributed by atoms with van der Waals surface area (Å²) in [5, 5.41) is 9.27. The Kier molecular flexibility index (Phi) is 4.27. The number of aryl methyl sites for hydroxylation is 2. The highest BCUT2D eigenvalue weighted by Gasteiger charge is 2.22. The summed E-state index contributed by atoms with van der Waals surface area (Å²) in [7, 11) is -3.86. The molecule has 2 aromatic rings. The van der Waals surface area contributed by atoms with Crippen LogP contribution in [0, 0.1) is 13.8 Å². The second kappa shape index (κ2) is 5.67. The number of thiophene rings is 1. The summed E-state index contributed by atoms with van der Waals surface area (Å²) >= 11 is 6.70. The summed E-state index contributed by atoms with van der Waals surface area (Å²) in [6, 6.07) is 6.26. The van der Waals surface area contributed by atoms with Crippen LogP contribution in [-0.2, 0) is 10.0 Å². The van der Waals surface area contributed by atoms with Gasteiger partial charge in [-0.3, -0.25) is 4.72 Å². The van der Waals surface area contributed by atoms with Crippen molar-refractivity contribution >= 4 is 44.6 Å². The minimum Gasteiger partial charge on any atom is -0.477 e. The van der Waals surface area contributed by atoms with E-state index in [1.54, 1.807) is 25.1 Å². The Morgan fingerprint density at radius 1 is 1.29 bits per heavy atom. The van der Waals surface area contributed by atoms with E-state index in [0.717, 1.165) is 5.56 Å². The van der Waals surface area contributed by atoms with Crippen molar-refractivity contribution < 1.29 is 18.3 Å². The van der Waals surface area contributed by atoms with Gasteiger partial charge in [0.1, 0.15) is 9.09 Å². The molecule has 0 unspecified atom stereocenters. The number of rotatable bonds is 4. The summed E-state index contributed by atoms with van der Waals surface area (Å²) < 4.78 is 26.9. The van der Waals surface area contributed by atoms with E-state index in [4.69, 9.17) is 16.7 Å². The zero-order chi connectivity index (χ0) is 15.8. The molecule has 0 radical (unpaired) electrons. The fourth-order valence-corrected chi connectivity index (χ4v) is 4.49. The van der Waals surface area contributed by atoms with Crippen LogP contribution in [0.4, 0.5) is 5.69 Å². The van der Waals surface area contributed by atoms with Gasteiger partial charge in [0.2, 0.25) is 0 Å². The van der Waals surface area contributed by atoms with Crippen LogP contribution in [0.2, 0.25) is 5.02 Å². The molecule has 2 rings (SSSR count). The third kappa shape index (κ3) is 3.37. The fraction of sp³-hybridized carbons (Fsp3) is 0.154. The lowest BCUT2D eigenvalue weighted by Gasteiger charge is -2.08. The predicted octanol–water partition coefficient (Wildman–Crippen LogP) is 3.52. The summed E-state index contributed by atoms with van der Waals surface area (Å²) in [4.78, 5) is 11.0. The van der Waals surface area contributed by atoms with Gasteiger partial charge in [-0.1, -0.05) is 17.7 Å². The monoisotopic (exact) mass is 345 g/mol. The Hall–Kier alpha value is -1.57. The van der Waals surface area contributed by atoms with E-state index in [0.29, 0.717) is 16.9 Å². The van der Waals surface area contributed by atoms with Gasteiger partial charge in [0, 0.05) is 0 Å². The number of halogens is 1. The van der Waals surface area contributed by atoms with E-state index >= 15 is 0 Å². The molecule has 0 saturated carbocycles. The zero-order valence-electron chi connectivity index (χ0n) is 11.2. The Morgan fingerprint density at radius 2 is 1.95 bits per heavy atom. The molecule has 0 spiro atoms. The molecule has 1 aromatic carbocycles. The lowest BCUT2D eigenvalue weighted by molar-refractivity contribution is 0.0701. The van der Waals surface area contributed by atoms with Gasteiger partial charge in [-0.05, 0) is 43.2 Å². The van der Waals surface area contributed by atoms with Gasteiger partial charge in [-0.25, -0.2) is 13.2 Å². The molecule has 0 bridgehead atoms. The number of benzene rings is 1. The van der Waals surface area contributed by atoms with Crippen LogP contribution in [-0.4, -0.2) is 19.5 Å². The highest BCUT2D eigenvalue weighted by molar-refractivity contribution is 7.94. The van der Waals surface area contributed by atoms with Gasteiger partial charge >= 0.3 is 5.97 Å². The normalized spacial score (nSPS) is 11.4. The van der Waals surface area contributed by atoms with E-state index in [9.17, 15) is 13.2 Å². The van der Waals surface area contributed by atoms with Gasteiger partial charge < -0.3 is 5.11 Å². The Morgan fingerprint density at radius 3 is 2.48 bits per heavy atom. The van der Waals surface area contributed by atoms with Crippen molar-refractivity contribution in [1.82, 2.24) is 0 Å². The minimum absolute atomic E-state index is 0.00498. The first-order valence-corrected chi connectivity index (χ1v) is 8.51. The number of hydrogen-bond donors (Lipinski definition) is 2. The molecule has 5 nitrogen and oxygen atoms in total. The number of anilines is 1. The number of sulfonamides is 1. The molecule has 0 amide bonds. The lowest BCUT2D eigenvalue weighted by atomic mass is 10.2. The Balaban J connectivity index is 2.38. The highest BCUT2D eigenvalue weighted by atomic mass is 35.5. The van der Waals surface area contributed by atoms with Gasteiger partial charge in [0.05, 0.1) is 10.7 Å². The standard InChI is InChI=1S/C13H12ClNO4S2/c1-7-3-4-10(9(14)5-7)15-21(18,19)11-6-8(2)12(20-11)13(16)17/h3-6,15H,1-2H3,(H,16,17). The maximum Gasteiger partial charge on any atom is 0.346 e. The van der Waals surface area contributed by atoms with E-state index in [1.807, 2.05) is 6.92 Å². The van der Waals surface area contributed by atoms with E-state index in [1.165, 1.54) is 6.07 Å². The topological polar surface area (TPSA) is 83.5 Å². The quantitative estimate of drug-likeness (QED) is 0.888. The molecule has 0 aliphatic heterocycles. The van der Waals surface area contributed by atoms with E-state index in [-0.39, 0.29) is 19.8 Å². The molecule has 0 fully saturated rings. The number of carbonyl (C=O) groups is 1. The summed E-state index contributed by atoms with van der Waals surface area (Å²) in [5.74, 6) is -1.15. The van der Waals surface area contributed by atoms with Gasteiger partial charge in [-0.2, -0.15) is 0 Å². The average molecular weight is 346 g/mol. The van der Waals surface area contributed by atoms with Crippen molar-refractivity contribution in [2.45, 2.75) is 18.1 Å². The third-order valence-electron chi connectivity index (χ3n) is 2.72. The first-order valence-electron chi connectivity index (χ1n) is 5.83. The molecule has 8 heteroatoms. The molecule has 112 valence electrons. The van der Waals surface area contributed by atoms with E-state index in [2.05, 4.69) is 4.72 Å². The van der Waals surface area contributed by atoms with Gasteiger partial charge in [0.25, 0.3) is 10.0 Å². The van der Waals surface area contributed by atoms with E-state index < -0.39 is 16.0 Å². The van der Waals surface area contributed by atoms with Crippen LogP contribution >= 0.6 is 22.9 Å². The highest BCUT2D eigenvalue weighted by Crippen LogP contribution is 2.30. The maximum atomic E-state index is 12.3. The van der Waals surface area contributed by atoms with Crippen molar-refractivity contribution in [2.75, 3.05) is 4.72 Å². The second-order valence-corrected chi connectivity index (χ2v) is 7.84. The average Bonchev–Trinajstić information content (AvgIpc) is 2.76. The lowest BCUT2D eigenvalue weighted by Crippen LogP contribution is -2.11. The number of aromatic carboxylic acids is 1. The van der Waals surface area contributed by atoms with Crippen molar-refractivity contribution in [3.05, 3.63) is 45.3 Å². The van der Waals surface area contributed by atoms with Crippen LogP contribution in [0.25, 0.3) is 0 Å². The molecule has 0 saturated heterocycles. The molecule has 0 aliphatic carbocycles. The third-order valence-corrected chi connectivity index (χ3v) is 6.10. The molecular formula is C13H12ClNO4S2. The van der Waals surface area contributed by atoms with Crippen LogP contribution in [0.15, 0.2) is 28.5 Å². The van der Waals surface area contributed by atoms with Crippen molar-refractivity contribution in [1.29, 1.82) is 0 Å². The summed E-state index contributed by atoms with van der Waals surface area (Å²) in [6.45, 7) is 3.39. The van der Waals surface area contributed by atoms with Crippen molar-refractivity contribution in [3.8, 4) is 0 Å². The summed E-state index contributed by atoms with van der Waals surface area (Å²) in [5.41, 5.74) is 1.57. The molecular weight excluding hydrogens is 334 g/mol. The SMILES string of the molecule is Cc1ccc(NS(=O)(=O)c2cc(C)c(C(=O)O)s2)c(Cl)c1. The smallest absolute Gasteiger partial charge is 0.346 e. The number of carboxylic acid groups (broad SMARTS) is 1. The molecule has 0 atom stereocenters. The molecule has 1 heterocycles. The largest absolute Gasteiger partial charge is 0.477 e. The van der Waals surface area contributed by atoms with Crippen LogP contribution in [0.3, 0.4) is 0 Å². The van der Waals surface area contributed by atoms with Crippen molar-refractivity contribution in [3.63, 3.8) is 0 Å².